The fourth-order valence-electron chi connectivity index (χ4n) is 1.26. The number of aromatic nitrogens is 1. The molecule has 0 aliphatic heterocycles. The first-order valence-corrected chi connectivity index (χ1v) is 4.54. The van der Waals surface area contributed by atoms with Crippen LogP contribution in [-0.2, 0) is 16.1 Å². The van der Waals surface area contributed by atoms with Crippen molar-refractivity contribution < 1.29 is 9.53 Å². The van der Waals surface area contributed by atoms with Gasteiger partial charge >= 0.3 is 5.97 Å². The molecule has 0 atom stereocenters. The fraction of sp³-hybridized carbons (Fsp3) is 0.364. The van der Waals surface area contributed by atoms with E-state index in [0.717, 1.165) is 11.1 Å². The van der Waals surface area contributed by atoms with Gasteiger partial charge in [-0.15, -0.1) is 0 Å². The van der Waals surface area contributed by atoms with Crippen LogP contribution in [0.1, 0.15) is 29.3 Å². The lowest BCUT2D eigenvalue weighted by Gasteiger charge is -2.08. The van der Waals surface area contributed by atoms with Crippen molar-refractivity contribution in [2.75, 3.05) is 0 Å². The standard InChI is InChI=1S/C11H12N2O2/c1-7-5-13-11(6-15-9(3)14)8(2)10(7)4-12/h5H,6H2,1-3H3. The van der Waals surface area contributed by atoms with Gasteiger partial charge in [-0.2, -0.15) is 5.26 Å². The number of nitrogens with zero attached hydrogens (tertiary/aromatic N) is 2. The zero-order valence-electron chi connectivity index (χ0n) is 9.00. The summed E-state index contributed by atoms with van der Waals surface area (Å²) in [5.74, 6) is -0.352. The number of nitriles is 1. The number of ether oxygens (including phenoxy) is 1. The topological polar surface area (TPSA) is 63.0 Å². The van der Waals surface area contributed by atoms with E-state index in [1.165, 1.54) is 6.92 Å². The van der Waals surface area contributed by atoms with Crippen LogP contribution in [0.3, 0.4) is 0 Å². The first kappa shape index (κ1) is 11.2. The van der Waals surface area contributed by atoms with Crippen LogP contribution in [0.2, 0.25) is 0 Å². The molecule has 4 nitrogen and oxygen atoms in total. The number of esters is 1. The first-order chi connectivity index (χ1) is 7.06. The normalized spacial score (nSPS) is 9.47. The average Bonchev–Trinajstić information content (AvgIpc) is 2.17. The molecule has 0 aromatic carbocycles. The van der Waals surface area contributed by atoms with Crippen LogP contribution in [-0.4, -0.2) is 11.0 Å². The third-order valence-corrected chi connectivity index (χ3v) is 2.14. The summed E-state index contributed by atoms with van der Waals surface area (Å²) in [6, 6.07) is 2.11. The average molecular weight is 204 g/mol. The Balaban J connectivity index is 3.01. The molecular weight excluding hydrogens is 192 g/mol. The molecule has 1 aromatic rings. The number of carbonyl (C=O) groups is 1. The van der Waals surface area contributed by atoms with Gasteiger partial charge in [0.25, 0.3) is 0 Å². The summed E-state index contributed by atoms with van der Waals surface area (Å²) in [6.45, 7) is 5.09. The van der Waals surface area contributed by atoms with Gasteiger partial charge in [0.05, 0.1) is 17.3 Å². The molecule has 0 unspecified atom stereocenters. The predicted molar refractivity (Wildman–Crippen MR) is 53.9 cm³/mol. The summed E-state index contributed by atoms with van der Waals surface area (Å²) >= 11 is 0. The second kappa shape index (κ2) is 4.56. The molecule has 0 fully saturated rings. The summed E-state index contributed by atoms with van der Waals surface area (Å²) < 4.78 is 4.84. The van der Waals surface area contributed by atoms with Crippen molar-refractivity contribution >= 4 is 5.97 Å². The van der Waals surface area contributed by atoms with E-state index in [4.69, 9.17) is 10.00 Å². The third kappa shape index (κ3) is 2.53. The van der Waals surface area contributed by atoms with E-state index in [0.29, 0.717) is 11.3 Å². The van der Waals surface area contributed by atoms with Crippen LogP contribution >= 0.6 is 0 Å². The van der Waals surface area contributed by atoms with E-state index in [9.17, 15) is 4.79 Å². The third-order valence-electron chi connectivity index (χ3n) is 2.14. The molecule has 0 bridgehead atoms. The van der Waals surface area contributed by atoms with Crippen molar-refractivity contribution in [3.63, 3.8) is 0 Å². The monoisotopic (exact) mass is 204 g/mol. The highest BCUT2D eigenvalue weighted by molar-refractivity contribution is 5.65. The number of hydrogen-bond donors (Lipinski definition) is 0. The maximum Gasteiger partial charge on any atom is 0.303 e. The maximum absolute atomic E-state index is 10.6. The Morgan fingerprint density at radius 3 is 2.80 bits per heavy atom. The van der Waals surface area contributed by atoms with Gasteiger partial charge in [0.2, 0.25) is 0 Å². The van der Waals surface area contributed by atoms with Crippen LogP contribution in [0.4, 0.5) is 0 Å². The molecule has 4 heteroatoms. The highest BCUT2D eigenvalue weighted by atomic mass is 16.5. The molecule has 0 aliphatic carbocycles. The summed E-state index contributed by atoms with van der Waals surface area (Å²) in [4.78, 5) is 14.8. The fourth-order valence-corrected chi connectivity index (χ4v) is 1.26. The van der Waals surface area contributed by atoms with Crippen LogP contribution in [0, 0.1) is 25.2 Å². The summed E-state index contributed by atoms with van der Waals surface area (Å²) in [5.41, 5.74) is 2.85. The zero-order valence-corrected chi connectivity index (χ0v) is 9.00. The molecule has 0 aliphatic rings. The minimum atomic E-state index is -0.352. The van der Waals surface area contributed by atoms with Crippen LogP contribution < -0.4 is 0 Å². The molecule has 1 heterocycles. The Hall–Kier alpha value is -1.89. The van der Waals surface area contributed by atoms with E-state index in [1.54, 1.807) is 13.1 Å². The largest absolute Gasteiger partial charge is 0.459 e. The highest BCUT2D eigenvalue weighted by Crippen LogP contribution is 2.15. The Labute approximate surface area is 88.5 Å². The van der Waals surface area contributed by atoms with Gasteiger partial charge in [0, 0.05) is 13.1 Å². The van der Waals surface area contributed by atoms with Gasteiger partial charge in [0.15, 0.2) is 0 Å². The predicted octanol–water partition coefficient (Wildman–Crippen LogP) is 1.63. The number of carbonyl (C=O) groups excluding carboxylic acids is 1. The lowest BCUT2D eigenvalue weighted by Crippen LogP contribution is -2.05. The number of hydrogen-bond acceptors (Lipinski definition) is 4. The van der Waals surface area contributed by atoms with Crippen molar-refractivity contribution in [3.05, 3.63) is 28.6 Å². The van der Waals surface area contributed by atoms with Crippen LogP contribution in [0.5, 0.6) is 0 Å². The van der Waals surface area contributed by atoms with Crippen LogP contribution in [0.25, 0.3) is 0 Å². The van der Waals surface area contributed by atoms with Crippen molar-refractivity contribution in [2.45, 2.75) is 27.4 Å². The molecule has 0 amide bonds. The highest BCUT2D eigenvalue weighted by Gasteiger charge is 2.09. The van der Waals surface area contributed by atoms with Gasteiger partial charge in [-0.05, 0) is 25.0 Å². The quantitative estimate of drug-likeness (QED) is 0.687. The molecule has 0 saturated carbocycles. The number of pyridine rings is 1. The molecule has 0 radical (unpaired) electrons. The van der Waals surface area contributed by atoms with E-state index in [1.807, 2.05) is 6.92 Å². The smallest absolute Gasteiger partial charge is 0.303 e. The number of aryl methyl sites for hydroxylation is 1. The lowest BCUT2D eigenvalue weighted by atomic mass is 10.0. The summed E-state index contributed by atoms with van der Waals surface area (Å²) in [7, 11) is 0. The second-order valence-electron chi connectivity index (χ2n) is 3.28. The van der Waals surface area contributed by atoms with Crippen LogP contribution in [0.15, 0.2) is 6.20 Å². The Bertz CT molecular complexity index is 433. The molecule has 0 N–H and O–H groups in total. The van der Waals surface area contributed by atoms with Gasteiger partial charge in [-0.1, -0.05) is 0 Å². The van der Waals surface area contributed by atoms with Gasteiger partial charge in [0.1, 0.15) is 6.61 Å². The molecule has 1 aromatic heterocycles. The Morgan fingerprint density at radius 1 is 1.60 bits per heavy atom. The van der Waals surface area contributed by atoms with Crippen molar-refractivity contribution in [3.8, 4) is 6.07 Å². The zero-order chi connectivity index (χ0) is 11.4. The minimum Gasteiger partial charge on any atom is -0.459 e. The molecule has 15 heavy (non-hydrogen) atoms. The van der Waals surface area contributed by atoms with E-state index in [-0.39, 0.29) is 12.6 Å². The SMILES string of the molecule is CC(=O)OCc1ncc(C)c(C#N)c1C. The van der Waals surface area contributed by atoms with Gasteiger partial charge < -0.3 is 4.74 Å². The van der Waals surface area contributed by atoms with Gasteiger partial charge in [-0.3, -0.25) is 9.78 Å². The number of rotatable bonds is 2. The van der Waals surface area contributed by atoms with E-state index < -0.39 is 0 Å². The van der Waals surface area contributed by atoms with Crippen molar-refractivity contribution in [2.24, 2.45) is 0 Å². The Kier molecular flexibility index (Phi) is 3.40. The molecule has 1 rings (SSSR count). The Morgan fingerprint density at radius 2 is 2.27 bits per heavy atom. The second-order valence-corrected chi connectivity index (χ2v) is 3.28. The van der Waals surface area contributed by atoms with E-state index >= 15 is 0 Å². The van der Waals surface area contributed by atoms with E-state index in [2.05, 4.69) is 11.1 Å². The van der Waals surface area contributed by atoms with Gasteiger partial charge in [-0.25, -0.2) is 0 Å². The summed E-state index contributed by atoms with van der Waals surface area (Å²) in [6.07, 6.45) is 1.62. The maximum atomic E-state index is 10.6. The summed E-state index contributed by atoms with van der Waals surface area (Å²) in [5, 5.41) is 8.92. The molecular formula is C11H12N2O2. The molecule has 78 valence electrons. The minimum absolute atomic E-state index is 0.121. The molecule has 0 saturated heterocycles. The van der Waals surface area contributed by atoms with Crippen molar-refractivity contribution in [1.82, 2.24) is 4.98 Å². The van der Waals surface area contributed by atoms with Crippen molar-refractivity contribution in [1.29, 1.82) is 5.26 Å². The first-order valence-electron chi connectivity index (χ1n) is 4.54. The molecule has 0 spiro atoms. The lowest BCUT2D eigenvalue weighted by molar-refractivity contribution is -0.142.